The minimum Gasteiger partial charge on any atom is -0.399 e. The first-order valence-electron chi connectivity index (χ1n) is 5.28. The summed E-state index contributed by atoms with van der Waals surface area (Å²) in [6.45, 7) is 0. The quantitative estimate of drug-likeness (QED) is 0.511. The number of benzene rings is 1. The van der Waals surface area contributed by atoms with Gasteiger partial charge in [0.15, 0.2) is 0 Å². The van der Waals surface area contributed by atoms with Crippen LogP contribution in [-0.2, 0) is 0 Å². The van der Waals surface area contributed by atoms with Crippen molar-refractivity contribution in [1.82, 2.24) is 0 Å². The smallest absolute Gasteiger partial charge is 0.0668 e. The van der Waals surface area contributed by atoms with E-state index in [1.165, 1.54) is 5.57 Å². The maximum atomic E-state index is 6.10. The molecule has 0 atom stereocenters. The number of hydrogen-bond acceptors (Lipinski definition) is 3. The van der Waals surface area contributed by atoms with E-state index >= 15 is 0 Å². The first kappa shape index (κ1) is 9.24. The minimum atomic E-state index is 0.734. The number of hydrogen-bond donors (Lipinski definition) is 2. The first-order valence-corrected chi connectivity index (χ1v) is 5.28. The summed E-state index contributed by atoms with van der Waals surface area (Å²) in [6.07, 6.45) is 9.30. The van der Waals surface area contributed by atoms with Crippen molar-refractivity contribution in [2.24, 2.45) is 5.84 Å². The minimum absolute atomic E-state index is 0.734. The Hall–Kier alpha value is -2.00. The lowest BCUT2D eigenvalue weighted by atomic mass is 9.95. The molecule has 0 aromatic heterocycles. The Bertz CT molecular complexity index is 538. The molecule has 80 valence electrons. The molecule has 3 rings (SSSR count). The highest BCUT2D eigenvalue weighted by atomic mass is 15.4. The molecule has 0 fully saturated rings. The zero-order valence-corrected chi connectivity index (χ0v) is 8.85. The van der Waals surface area contributed by atoms with Gasteiger partial charge in [-0.2, -0.15) is 0 Å². The van der Waals surface area contributed by atoms with Crippen LogP contribution >= 0.6 is 0 Å². The highest BCUT2D eigenvalue weighted by molar-refractivity contribution is 5.81. The van der Waals surface area contributed by atoms with Gasteiger partial charge in [-0.15, -0.1) is 0 Å². The first-order chi connectivity index (χ1) is 7.75. The van der Waals surface area contributed by atoms with E-state index < -0.39 is 0 Å². The van der Waals surface area contributed by atoms with Crippen LogP contribution in [0.3, 0.4) is 0 Å². The van der Waals surface area contributed by atoms with Gasteiger partial charge in [-0.1, -0.05) is 18.2 Å². The van der Waals surface area contributed by atoms with Crippen molar-refractivity contribution in [3.8, 4) is 0 Å². The van der Waals surface area contributed by atoms with Crippen LogP contribution in [0.2, 0.25) is 0 Å². The van der Waals surface area contributed by atoms with E-state index in [0.29, 0.717) is 0 Å². The molecule has 2 aliphatic rings. The molecule has 16 heavy (non-hydrogen) atoms. The SMILES string of the molecule is Nc1ccc2c(c1)N(N)C1=CC=CCC1=C2. The summed E-state index contributed by atoms with van der Waals surface area (Å²) in [5.41, 5.74) is 10.9. The van der Waals surface area contributed by atoms with E-state index in [1.54, 1.807) is 5.01 Å². The molecule has 0 saturated heterocycles. The van der Waals surface area contributed by atoms with Crippen molar-refractivity contribution in [3.05, 3.63) is 53.3 Å². The number of fused-ring (bicyclic) bond motifs is 2. The number of rotatable bonds is 0. The Balaban J connectivity index is 2.20. The molecule has 0 saturated carbocycles. The number of allylic oxidation sites excluding steroid dienone is 4. The molecule has 3 heteroatoms. The number of hydrazine groups is 1. The fraction of sp³-hybridized carbons (Fsp3) is 0.0769. The molecule has 1 aliphatic carbocycles. The number of anilines is 2. The molecule has 0 amide bonds. The van der Waals surface area contributed by atoms with E-state index in [9.17, 15) is 0 Å². The van der Waals surface area contributed by atoms with Gasteiger partial charge in [-0.05, 0) is 36.3 Å². The second kappa shape index (κ2) is 3.25. The van der Waals surface area contributed by atoms with Gasteiger partial charge in [0, 0.05) is 11.3 Å². The average Bonchev–Trinajstić information content (AvgIpc) is 2.31. The standard InChI is InChI=1S/C13H13N3/c14-11-6-5-10-7-9-3-1-2-4-12(9)16(15)13(10)8-11/h1-2,4-8H,3,14-15H2. The number of nitrogens with zero attached hydrogens (tertiary/aromatic N) is 1. The van der Waals surface area contributed by atoms with Crippen molar-refractivity contribution in [1.29, 1.82) is 0 Å². The maximum Gasteiger partial charge on any atom is 0.0668 e. The zero-order chi connectivity index (χ0) is 11.1. The lowest BCUT2D eigenvalue weighted by Gasteiger charge is -2.30. The van der Waals surface area contributed by atoms with Gasteiger partial charge in [0.25, 0.3) is 0 Å². The van der Waals surface area contributed by atoms with Crippen molar-refractivity contribution in [3.63, 3.8) is 0 Å². The van der Waals surface area contributed by atoms with Gasteiger partial charge in [0.2, 0.25) is 0 Å². The molecule has 1 aliphatic heterocycles. The normalized spacial score (nSPS) is 17.4. The second-order valence-electron chi connectivity index (χ2n) is 4.04. The molecule has 1 heterocycles. The molecule has 3 nitrogen and oxygen atoms in total. The molecular weight excluding hydrogens is 198 g/mol. The molecule has 4 N–H and O–H groups in total. The third-order valence-electron chi connectivity index (χ3n) is 2.96. The van der Waals surface area contributed by atoms with Crippen LogP contribution in [0, 0.1) is 0 Å². The summed E-state index contributed by atoms with van der Waals surface area (Å²) in [6, 6.07) is 5.81. The third-order valence-corrected chi connectivity index (χ3v) is 2.96. The van der Waals surface area contributed by atoms with Gasteiger partial charge in [0.05, 0.1) is 11.4 Å². The molecule has 1 aromatic carbocycles. The fourth-order valence-electron chi connectivity index (χ4n) is 2.14. The van der Waals surface area contributed by atoms with Crippen molar-refractivity contribution < 1.29 is 0 Å². The molecule has 1 aromatic rings. The summed E-state index contributed by atoms with van der Waals surface area (Å²) in [4.78, 5) is 0. The van der Waals surface area contributed by atoms with Crippen LogP contribution in [-0.4, -0.2) is 0 Å². The van der Waals surface area contributed by atoms with Gasteiger partial charge in [0.1, 0.15) is 0 Å². The number of nitrogen functional groups attached to an aromatic ring is 1. The van der Waals surface area contributed by atoms with Crippen LogP contribution in [0.4, 0.5) is 11.4 Å². The average molecular weight is 211 g/mol. The van der Waals surface area contributed by atoms with Crippen molar-refractivity contribution in [2.45, 2.75) is 6.42 Å². The molecule has 0 bridgehead atoms. The van der Waals surface area contributed by atoms with Crippen LogP contribution in [0.5, 0.6) is 0 Å². The highest BCUT2D eigenvalue weighted by Crippen LogP contribution is 2.36. The Labute approximate surface area is 94.3 Å². The van der Waals surface area contributed by atoms with Gasteiger partial charge >= 0.3 is 0 Å². The molecule has 0 unspecified atom stereocenters. The maximum absolute atomic E-state index is 6.10. The lowest BCUT2D eigenvalue weighted by Crippen LogP contribution is -2.33. The van der Waals surface area contributed by atoms with Gasteiger partial charge in [-0.3, -0.25) is 5.01 Å². The fourth-order valence-corrected chi connectivity index (χ4v) is 2.14. The Morgan fingerprint density at radius 1 is 1.25 bits per heavy atom. The van der Waals surface area contributed by atoms with E-state index in [4.69, 9.17) is 11.6 Å². The predicted octanol–water partition coefficient (Wildman–Crippen LogP) is 2.19. The summed E-state index contributed by atoms with van der Waals surface area (Å²) in [7, 11) is 0. The zero-order valence-electron chi connectivity index (χ0n) is 8.85. The molecule has 0 radical (unpaired) electrons. The van der Waals surface area contributed by atoms with E-state index in [0.717, 1.165) is 29.1 Å². The summed E-state index contributed by atoms with van der Waals surface area (Å²) in [5.74, 6) is 6.10. The van der Waals surface area contributed by atoms with Crippen LogP contribution < -0.4 is 16.6 Å². The van der Waals surface area contributed by atoms with E-state index in [1.807, 2.05) is 30.4 Å². The topological polar surface area (TPSA) is 55.3 Å². The monoisotopic (exact) mass is 211 g/mol. The van der Waals surface area contributed by atoms with Gasteiger partial charge < -0.3 is 5.73 Å². The van der Waals surface area contributed by atoms with Crippen LogP contribution in [0.15, 0.2) is 47.7 Å². The van der Waals surface area contributed by atoms with E-state index in [-0.39, 0.29) is 0 Å². The summed E-state index contributed by atoms with van der Waals surface area (Å²) in [5, 5.41) is 1.71. The largest absolute Gasteiger partial charge is 0.399 e. The Kier molecular flexibility index (Phi) is 1.88. The summed E-state index contributed by atoms with van der Waals surface area (Å²) < 4.78 is 0. The number of nitrogens with two attached hydrogens (primary N) is 2. The predicted molar refractivity (Wildman–Crippen MR) is 67.3 cm³/mol. The molecule has 0 spiro atoms. The van der Waals surface area contributed by atoms with Gasteiger partial charge in [-0.25, -0.2) is 5.84 Å². The lowest BCUT2D eigenvalue weighted by molar-refractivity contribution is 0.967. The van der Waals surface area contributed by atoms with Crippen molar-refractivity contribution in [2.75, 3.05) is 10.7 Å². The van der Waals surface area contributed by atoms with E-state index in [2.05, 4.69) is 12.2 Å². The summed E-state index contributed by atoms with van der Waals surface area (Å²) >= 11 is 0. The highest BCUT2D eigenvalue weighted by Gasteiger charge is 2.21. The Morgan fingerprint density at radius 3 is 3.00 bits per heavy atom. The van der Waals surface area contributed by atoms with Crippen LogP contribution in [0.25, 0.3) is 6.08 Å². The Morgan fingerprint density at radius 2 is 2.12 bits per heavy atom. The van der Waals surface area contributed by atoms with Crippen molar-refractivity contribution >= 4 is 17.5 Å². The van der Waals surface area contributed by atoms with Crippen LogP contribution in [0.1, 0.15) is 12.0 Å². The second-order valence-corrected chi connectivity index (χ2v) is 4.04. The molecular formula is C13H13N3. The third kappa shape index (κ3) is 1.26.